The predicted octanol–water partition coefficient (Wildman–Crippen LogP) is 2.28. The highest BCUT2D eigenvalue weighted by Gasteiger charge is 2.20. The molecule has 1 aromatic carbocycles. The highest BCUT2D eigenvalue weighted by molar-refractivity contribution is 7.92. The number of hydrogen-bond donors (Lipinski definition) is 1. The lowest BCUT2D eigenvalue weighted by Gasteiger charge is -2.23. The van der Waals surface area contributed by atoms with E-state index < -0.39 is 16.0 Å². The van der Waals surface area contributed by atoms with Gasteiger partial charge in [0.25, 0.3) is 0 Å². The molecule has 0 unspecified atom stereocenters. The van der Waals surface area contributed by atoms with Crippen LogP contribution in [0.5, 0.6) is 0 Å². The average molecular weight is 487 g/mol. The summed E-state index contributed by atoms with van der Waals surface area (Å²) in [7, 11) is -3.62. The summed E-state index contributed by atoms with van der Waals surface area (Å²) < 4.78 is 31.7. The van der Waals surface area contributed by atoms with Crippen molar-refractivity contribution in [1.29, 1.82) is 0 Å². The van der Waals surface area contributed by atoms with Crippen molar-refractivity contribution in [3.8, 4) is 0 Å². The minimum Gasteiger partial charge on any atom is -0.462 e. The first-order chi connectivity index (χ1) is 16.4. The fourth-order valence-electron chi connectivity index (χ4n) is 3.54. The summed E-state index contributed by atoms with van der Waals surface area (Å²) in [6.45, 7) is 4.54. The Hall–Kier alpha value is -3.24. The summed E-state index contributed by atoms with van der Waals surface area (Å²) in [6, 6.07) is 12.6. The van der Waals surface area contributed by atoms with Gasteiger partial charge in [0, 0.05) is 50.7 Å². The smallest absolute Gasteiger partial charge is 0.339 e. The number of nitrogens with one attached hydrogen (secondary N) is 1. The maximum Gasteiger partial charge on any atom is 0.339 e. The van der Waals surface area contributed by atoms with Gasteiger partial charge in [0.2, 0.25) is 15.9 Å². The SMILES string of the molecule is CCOC(=O)c1ccc(N2CCCN(C(=O)CCNS(=O)(=O)/C=C/c3ccccc3)CC2)nc1. The van der Waals surface area contributed by atoms with Gasteiger partial charge >= 0.3 is 5.97 Å². The van der Waals surface area contributed by atoms with E-state index >= 15 is 0 Å². The summed E-state index contributed by atoms with van der Waals surface area (Å²) in [6.07, 6.45) is 3.86. The molecule has 34 heavy (non-hydrogen) atoms. The molecule has 0 spiro atoms. The zero-order valence-corrected chi connectivity index (χ0v) is 20.0. The van der Waals surface area contributed by atoms with Crippen LogP contribution in [0.1, 0.15) is 35.7 Å². The highest BCUT2D eigenvalue weighted by atomic mass is 32.2. The Morgan fingerprint density at radius 2 is 1.88 bits per heavy atom. The maximum absolute atomic E-state index is 12.6. The Balaban J connectivity index is 1.46. The van der Waals surface area contributed by atoms with Crippen LogP contribution in [-0.2, 0) is 19.6 Å². The normalized spacial score (nSPS) is 14.7. The molecule has 0 aliphatic carbocycles. The van der Waals surface area contributed by atoms with Crippen molar-refractivity contribution in [2.75, 3.05) is 44.2 Å². The number of esters is 1. The third kappa shape index (κ3) is 7.67. The van der Waals surface area contributed by atoms with E-state index in [1.165, 1.54) is 12.3 Å². The van der Waals surface area contributed by atoms with Gasteiger partial charge < -0.3 is 14.5 Å². The third-order valence-corrected chi connectivity index (χ3v) is 6.41. The molecule has 1 aliphatic rings. The number of hydrogen-bond acceptors (Lipinski definition) is 7. The van der Waals surface area contributed by atoms with Crippen molar-refractivity contribution in [3.05, 3.63) is 65.2 Å². The minimum atomic E-state index is -3.62. The summed E-state index contributed by atoms with van der Waals surface area (Å²) in [5.74, 6) is 0.239. The topological polar surface area (TPSA) is 109 Å². The molecule has 9 nitrogen and oxygen atoms in total. The van der Waals surface area contributed by atoms with Gasteiger partial charge in [-0.15, -0.1) is 0 Å². The Morgan fingerprint density at radius 1 is 1.09 bits per heavy atom. The number of ether oxygens (including phenoxy) is 1. The largest absolute Gasteiger partial charge is 0.462 e. The lowest BCUT2D eigenvalue weighted by molar-refractivity contribution is -0.130. The monoisotopic (exact) mass is 486 g/mol. The van der Waals surface area contributed by atoms with E-state index in [0.29, 0.717) is 31.8 Å². The number of anilines is 1. The van der Waals surface area contributed by atoms with Gasteiger partial charge in [-0.25, -0.2) is 22.9 Å². The van der Waals surface area contributed by atoms with Crippen molar-refractivity contribution in [1.82, 2.24) is 14.6 Å². The van der Waals surface area contributed by atoms with Crippen LogP contribution in [0.15, 0.2) is 54.1 Å². The quantitative estimate of drug-likeness (QED) is 0.542. The molecule has 1 aromatic heterocycles. The van der Waals surface area contributed by atoms with E-state index in [2.05, 4.69) is 14.6 Å². The number of amides is 1. The molecule has 0 atom stereocenters. The van der Waals surface area contributed by atoms with Crippen molar-refractivity contribution >= 4 is 33.8 Å². The molecule has 182 valence electrons. The first kappa shape index (κ1) is 25.4. The standard InChI is InChI=1S/C24H30N4O5S/c1-2-33-24(30)21-9-10-22(25-19-21)27-14-6-15-28(17-16-27)23(29)11-13-26-34(31,32)18-12-20-7-4-3-5-8-20/h3-5,7-10,12,18-19,26H,2,6,11,13-17H2,1H3/b18-12+. The van der Waals surface area contributed by atoms with E-state index in [9.17, 15) is 18.0 Å². The van der Waals surface area contributed by atoms with Crippen LogP contribution in [0.4, 0.5) is 5.82 Å². The minimum absolute atomic E-state index is 0.0391. The first-order valence-corrected chi connectivity index (χ1v) is 12.8. The van der Waals surface area contributed by atoms with Crippen LogP contribution in [0.3, 0.4) is 0 Å². The van der Waals surface area contributed by atoms with Gasteiger partial charge in [-0.3, -0.25) is 4.79 Å². The first-order valence-electron chi connectivity index (χ1n) is 11.3. The van der Waals surface area contributed by atoms with Crippen molar-refractivity contribution < 1.29 is 22.7 Å². The second-order valence-corrected chi connectivity index (χ2v) is 9.40. The third-order valence-electron chi connectivity index (χ3n) is 5.31. The zero-order chi connectivity index (χ0) is 24.4. The van der Waals surface area contributed by atoms with Crippen LogP contribution in [0.25, 0.3) is 6.08 Å². The highest BCUT2D eigenvalue weighted by Crippen LogP contribution is 2.15. The van der Waals surface area contributed by atoms with Gasteiger partial charge in [0.1, 0.15) is 5.82 Å². The van der Waals surface area contributed by atoms with Gasteiger partial charge in [-0.1, -0.05) is 30.3 Å². The van der Waals surface area contributed by atoms with Crippen molar-refractivity contribution in [2.45, 2.75) is 19.8 Å². The van der Waals surface area contributed by atoms with E-state index in [4.69, 9.17) is 4.74 Å². The Bertz CT molecular complexity index is 1090. The average Bonchev–Trinajstić information content (AvgIpc) is 3.10. The molecule has 2 heterocycles. The number of benzene rings is 1. The Kier molecular flexibility index (Phi) is 9.17. The number of carbonyl (C=O) groups is 2. The molecular weight excluding hydrogens is 456 g/mol. The zero-order valence-electron chi connectivity index (χ0n) is 19.2. The van der Waals surface area contributed by atoms with Gasteiger partial charge in [0.05, 0.1) is 12.2 Å². The van der Waals surface area contributed by atoms with E-state index in [0.717, 1.165) is 29.8 Å². The Labute approximate surface area is 200 Å². The van der Waals surface area contributed by atoms with E-state index in [1.807, 2.05) is 30.3 Å². The molecule has 1 fully saturated rings. The summed E-state index contributed by atoms with van der Waals surface area (Å²) >= 11 is 0. The van der Waals surface area contributed by atoms with Gasteiger partial charge in [-0.05, 0) is 37.1 Å². The van der Waals surface area contributed by atoms with Crippen LogP contribution >= 0.6 is 0 Å². The Morgan fingerprint density at radius 3 is 2.59 bits per heavy atom. The molecule has 1 N–H and O–H groups in total. The van der Waals surface area contributed by atoms with Crippen LogP contribution < -0.4 is 9.62 Å². The number of aromatic nitrogens is 1. The summed E-state index contributed by atoms with van der Waals surface area (Å²) in [5, 5.41) is 1.11. The molecule has 0 radical (unpaired) electrons. The van der Waals surface area contributed by atoms with Crippen LogP contribution in [0.2, 0.25) is 0 Å². The van der Waals surface area contributed by atoms with Crippen LogP contribution in [0, 0.1) is 0 Å². The van der Waals surface area contributed by atoms with Crippen molar-refractivity contribution in [2.24, 2.45) is 0 Å². The number of nitrogens with zero attached hydrogens (tertiary/aromatic N) is 3. The fourth-order valence-corrected chi connectivity index (χ4v) is 4.36. The summed E-state index contributed by atoms with van der Waals surface area (Å²) in [4.78, 5) is 32.6. The molecular formula is C24H30N4O5S. The van der Waals surface area contributed by atoms with Gasteiger partial charge in [0.15, 0.2) is 0 Å². The maximum atomic E-state index is 12.6. The van der Waals surface area contributed by atoms with E-state index in [1.54, 1.807) is 24.0 Å². The number of sulfonamides is 1. The molecule has 10 heteroatoms. The number of pyridine rings is 1. The lowest BCUT2D eigenvalue weighted by atomic mass is 10.2. The van der Waals surface area contributed by atoms with Gasteiger partial charge in [-0.2, -0.15) is 0 Å². The summed E-state index contributed by atoms with van der Waals surface area (Å²) in [5.41, 5.74) is 1.18. The molecule has 1 saturated heterocycles. The molecule has 0 bridgehead atoms. The van der Waals surface area contributed by atoms with Crippen molar-refractivity contribution in [3.63, 3.8) is 0 Å². The predicted molar refractivity (Wildman–Crippen MR) is 131 cm³/mol. The lowest BCUT2D eigenvalue weighted by Crippen LogP contribution is -2.37. The second-order valence-electron chi connectivity index (χ2n) is 7.75. The number of carbonyl (C=O) groups excluding carboxylic acids is 2. The molecule has 1 amide bonds. The molecule has 3 rings (SSSR count). The molecule has 2 aromatic rings. The van der Waals surface area contributed by atoms with E-state index in [-0.39, 0.29) is 18.9 Å². The molecule has 1 aliphatic heterocycles. The van der Waals surface area contributed by atoms with Crippen LogP contribution in [-0.4, -0.2) is 69.5 Å². The second kappa shape index (κ2) is 12.3. The molecule has 0 saturated carbocycles. The fraction of sp³-hybridized carbons (Fsp3) is 0.375. The number of rotatable bonds is 9.